The van der Waals surface area contributed by atoms with E-state index in [2.05, 4.69) is 57.8 Å². The number of pyridine rings is 1. The quantitative estimate of drug-likeness (QED) is 0.775. The molecule has 3 atom stereocenters. The molecule has 1 N–H and O–H groups in total. The van der Waals surface area contributed by atoms with Gasteiger partial charge >= 0.3 is 0 Å². The molecule has 1 aliphatic heterocycles. The van der Waals surface area contributed by atoms with Crippen LogP contribution in [0.5, 0.6) is 5.75 Å². The van der Waals surface area contributed by atoms with Crippen LogP contribution in [0.2, 0.25) is 0 Å². The van der Waals surface area contributed by atoms with Crippen LogP contribution in [-0.4, -0.2) is 10.6 Å². The first-order valence-electron chi connectivity index (χ1n) is 10.2. The largest absolute Gasteiger partial charge is 0.487 e. The van der Waals surface area contributed by atoms with E-state index in [0.29, 0.717) is 17.8 Å². The number of benzene rings is 1. The van der Waals surface area contributed by atoms with E-state index in [9.17, 15) is 4.79 Å². The zero-order valence-corrected chi connectivity index (χ0v) is 17.1. The van der Waals surface area contributed by atoms with Gasteiger partial charge in [-0.3, -0.25) is 4.79 Å². The molecule has 1 aromatic carbocycles. The second kappa shape index (κ2) is 6.25. The normalized spacial score (nSPS) is 26.6. The van der Waals surface area contributed by atoms with Gasteiger partial charge in [-0.15, -0.1) is 0 Å². The van der Waals surface area contributed by atoms with Crippen LogP contribution in [0.25, 0.3) is 0 Å². The lowest BCUT2D eigenvalue weighted by molar-refractivity contribution is -0.0145. The second-order valence-electron chi connectivity index (χ2n) is 9.62. The highest BCUT2D eigenvalue weighted by atomic mass is 16.5. The minimum absolute atomic E-state index is 0.0334. The molecule has 0 amide bonds. The summed E-state index contributed by atoms with van der Waals surface area (Å²) in [6.45, 7) is 11.0. The molecule has 2 aliphatic rings. The molecular formula is C24H31NO2. The van der Waals surface area contributed by atoms with E-state index in [-0.39, 0.29) is 16.6 Å². The zero-order valence-electron chi connectivity index (χ0n) is 17.1. The number of rotatable bonds is 2. The lowest BCUT2D eigenvalue weighted by atomic mass is 9.64. The van der Waals surface area contributed by atoms with E-state index >= 15 is 0 Å². The lowest BCUT2D eigenvalue weighted by Crippen LogP contribution is -2.48. The fourth-order valence-electron chi connectivity index (χ4n) is 5.22. The van der Waals surface area contributed by atoms with Gasteiger partial charge in [0.15, 0.2) is 0 Å². The molecule has 3 nitrogen and oxygen atoms in total. The third kappa shape index (κ3) is 3.01. The molecule has 0 saturated heterocycles. The second-order valence-corrected chi connectivity index (χ2v) is 9.62. The number of aromatic amines is 1. The molecule has 1 aromatic heterocycles. The number of H-pyrrole nitrogens is 1. The smallest absolute Gasteiger partial charge is 0.255 e. The maximum absolute atomic E-state index is 13.2. The molecule has 0 radical (unpaired) electrons. The van der Waals surface area contributed by atoms with Crippen molar-refractivity contribution in [3.8, 4) is 5.75 Å². The Hall–Kier alpha value is -2.03. The van der Waals surface area contributed by atoms with Crippen molar-refractivity contribution in [3.05, 3.63) is 63.6 Å². The molecule has 1 saturated carbocycles. The first-order valence-corrected chi connectivity index (χ1v) is 10.2. The molecule has 2 heterocycles. The van der Waals surface area contributed by atoms with Gasteiger partial charge in [0.1, 0.15) is 11.4 Å². The van der Waals surface area contributed by atoms with Gasteiger partial charge in [-0.2, -0.15) is 0 Å². The molecule has 3 heteroatoms. The number of hydrogen-bond acceptors (Lipinski definition) is 2. The van der Waals surface area contributed by atoms with Gasteiger partial charge in [0.05, 0.1) is 5.56 Å². The first-order chi connectivity index (χ1) is 12.7. The molecule has 27 heavy (non-hydrogen) atoms. The van der Waals surface area contributed by atoms with Gasteiger partial charge in [-0.25, -0.2) is 0 Å². The predicted octanol–water partition coefficient (Wildman–Crippen LogP) is 5.39. The summed E-state index contributed by atoms with van der Waals surface area (Å²) in [5.74, 6) is 2.16. The average molecular weight is 366 g/mol. The molecule has 1 aliphatic carbocycles. The first kappa shape index (κ1) is 18.3. The zero-order chi connectivity index (χ0) is 19.4. The molecule has 0 bridgehead atoms. The topological polar surface area (TPSA) is 42.1 Å². The van der Waals surface area contributed by atoms with Crippen molar-refractivity contribution in [2.24, 2.45) is 11.8 Å². The highest BCUT2D eigenvalue weighted by Crippen LogP contribution is 2.52. The van der Waals surface area contributed by atoms with Crippen molar-refractivity contribution in [3.63, 3.8) is 0 Å². The van der Waals surface area contributed by atoms with E-state index in [4.69, 9.17) is 4.74 Å². The lowest BCUT2D eigenvalue weighted by Gasteiger charge is -2.48. The summed E-state index contributed by atoms with van der Waals surface area (Å²) in [5, 5.41) is 0. The third-order valence-corrected chi connectivity index (χ3v) is 6.95. The van der Waals surface area contributed by atoms with Crippen LogP contribution < -0.4 is 10.3 Å². The number of fused-ring (bicyclic) bond motifs is 3. The van der Waals surface area contributed by atoms with Gasteiger partial charge in [0.25, 0.3) is 5.56 Å². The fourth-order valence-corrected chi connectivity index (χ4v) is 5.22. The Morgan fingerprint density at radius 2 is 1.85 bits per heavy atom. The Bertz CT molecular complexity index is 894. The van der Waals surface area contributed by atoms with E-state index in [1.54, 1.807) is 0 Å². The van der Waals surface area contributed by atoms with E-state index in [1.807, 2.05) is 18.2 Å². The van der Waals surface area contributed by atoms with E-state index < -0.39 is 0 Å². The third-order valence-electron chi connectivity index (χ3n) is 6.95. The number of aromatic nitrogens is 1. The Morgan fingerprint density at radius 1 is 1.15 bits per heavy atom. The maximum atomic E-state index is 13.2. The van der Waals surface area contributed by atoms with Crippen molar-refractivity contribution < 1.29 is 4.74 Å². The molecule has 0 spiro atoms. The Kier molecular flexibility index (Phi) is 4.25. The van der Waals surface area contributed by atoms with Crippen LogP contribution in [0.15, 0.2) is 41.2 Å². The summed E-state index contributed by atoms with van der Waals surface area (Å²) in [5.41, 5.74) is 2.47. The van der Waals surface area contributed by atoms with Gasteiger partial charge in [-0.1, -0.05) is 57.5 Å². The van der Waals surface area contributed by atoms with Crippen LogP contribution in [0.1, 0.15) is 76.6 Å². The van der Waals surface area contributed by atoms with Gasteiger partial charge in [0, 0.05) is 23.1 Å². The Labute approximate surface area is 162 Å². The van der Waals surface area contributed by atoms with Gasteiger partial charge in [-0.05, 0) is 44.1 Å². The van der Waals surface area contributed by atoms with Crippen molar-refractivity contribution >= 4 is 0 Å². The number of hydrogen-bond donors (Lipinski definition) is 1. The van der Waals surface area contributed by atoms with Gasteiger partial charge in [0.2, 0.25) is 0 Å². The highest BCUT2D eigenvalue weighted by molar-refractivity contribution is 5.44. The summed E-state index contributed by atoms with van der Waals surface area (Å²) >= 11 is 0. The SMILES string of the molecule is C[C@@H]1CCC2[C@@H](C1)c1c(cc(C(C)(C)c3ccccc3)[nH]c1=O)OC2(C)C. The van der Waals surface area contributed by atoms with Gasteiger partial charge < -0.3 is 9.72 Å². The Balaban J connectivity index is 1.83. The van der Waals surface area contributed by atoms with E-state index in [0.717, 1.165) is 29.8 Å². The standard InChI is InChI=1S/C24H31NO2/c1-15-11-12-18-17(13-15)21-19(27-24(18,4)5)14-20(25-22(21)26)23(2,3)16-9-7-6-8-10-16/h6-10,14-15,17-18H,11-13H2,1-5H3,(H,25,26)/t15-,17-,18?/m1/s1. The Morgan fingerprint density at radius 3 is 2.56 bits per heavy atom. The summed E-state index contributed by atoms with van der Waals surface area (Å²) in [4.78, 5) is 16.4. The number of ether oxygens (including phenoxy) is 1. The molecule has 144 valence electrons. The van der Waals surface area contributed by atoms with Crippen molar-refractivity contribution in [1.29, 1.82) is 0 Å². The molecule has 1 unspecified atom stereocenters. The van der Waals surface area contributed by atoms with Crippen LogP contribution in [0.4, 0.5) is 0 Å². The average Bonchev–Trinajstić information content (AvgIpc) is 2.61. The monoisotopic (exact) mass is 365 g/mol. The maximum Gasteiger partial charge on any atom is 0.255 e. The summed E-state index contributed by atoms with van der Waals surface area (Å²) in [7, 11) is 0. The molecule has 2 aromatic rings. The van der Waals surface area contributed by atoms with Crippen LogP contribution in [0.3, 0.4) is 0 Å². The van der Waals surface area contributed by atoms with Crippen molar-refractivity contribution in [2.75, 3.05) is 0 Å². The van der Waals surface area contributed by atoms with Crippen LogP contribution in [-0.2, 0) is 5.41 Å². The molecule has 4 rings (SSSR count). The van der Waals surface area contributed by atoms with E-state index in [1.165, 1.54) is 12.0 Å². The van der Waals surface area contributed by atoms with Crippen molar-refractivity contribution in [2.45, 2.75) is 70.8 Å². The molecular weight excluding hydrogens is 334 g/mol. The summed E-state index contributed by atoms with van der Waals surface area (Å²) in [6.07, 6.45) is 3.43. The summed E-state index contributed by atoms with van der Waals surface area (Å²) < 4.78 is 6.46. The molecule has 1 fully saturated rings. The predicted molar refractivity (Wildman–Crippen MR) is 110 cm³/mol. The highest BCUT2D eigenvalue weighted by Gasteiger charge is 2.47. The van der Waals surface area contributed by atoms with Crippen molar-refractivity contribution in [1.82, 2.24) is 4.98 Å². The minimum Gasteiger partial charge on any atom is -0.487 e. The number of nitrogens with one attached hydrogen (secondary N) is 1. The minimum atomic E-state index is -0.292. The fraction of sp³-hybridized carbons (Fsp3) is 0.542. The van der Waals surface area contributed by atoms with Crippen LogP contribution >= 0.6 is 0 Å². The summed E-state index contributed by atoms with van der Waals surface area (Å²) in [6, 6.07) is 12.4. The van der Waals surface area contributed by atoms with Crippen LogP contribution in [0, 0.1) is 11.8 Å².